The summed E-state index contributed by atoms with van der Waals surface area (Å²) in [5.41, 5.74) is 2.46. The van der Waals surface area contributed by atoms with E-state index in [0.29, 0.717) is 17.5 Å². The van der Waals surface area contributed by atoms with Gasteiger partial charge in [-0.2, -0.15) is 0 Å². The summed E-state index contributed by atoms with van der Waals surface area (Å²) in [4.78, 5) is 15.0. The molecule has 1 N–H and O–H groups in total. The van der Waals surface area contributed by atoms with Crippen molar-refractivity contribution in [3.8, 4) is 0 Å². The molecule has 0 saturated carbocycles. The summed E-state index contributed by atoms with van der Waals surface area (Å²) < 4.78 is 5.94. The molecule has 6 nitrogen and oxygen atoms in total. The van der Waals surface area contributed by atoms with Gasteiger partial charge in [0.1, 0.15) is 6.04 Å². The zero-order valence-corrected chi connectivity index (χ0v) is 15.3. The Labute approximate surface area is 158 Å². The molecule has 27 heavy (non-hydrogen) atoms. The number of carbonyl (C=O) groups excluding carboxylic acids is 1. The van der Waals surface area contributed by atoms with Crippen molar-refractivity contribution in [1.29, 1.82) is 0 Å². The predicted octanol–water partition coefficient (Wildman–Crippen LogP) is 3.50. The quantitative estimate of drug-likeness (QED) is 0.752. The Kier molecular flexibility index (Phi) is 4.87. The fourth-order valence-electron chi connectivity index (χ4n) is 3.35. The van der Waals surface area contributed by atoms with Crippen LogP contribution in [0.3, 0.4) is 0 Å². The molecule has 1 fully saturated rings. The second-order valence-electron chi connectivity index (χ2n) is 6.75. The van der Waals surface area contributed by atoms with E-state index in [9.17, 15) is 4.79 Å². The molecule has 0 spiro atoms. The van der Waals surface area contributed by atoms with Gasteiger partial charge < -0.3 is 14.6 Å². The van der Waals surface area contributed by atoms with E-state index in [-0.39, 0.29) is 5.91 Å². The molecule has 1 atom stereocenters. The summed E-state index contributed by atoms with van der Waals surface area (Å²) in [6.45, 7) is 3.77. The van der Waals surface area contributed by atoms with Crippen LogP contribution in [0.2, 0.25) is 0 Å². The molecule has 0 aliphatic carbocycles. The van der Waals surface area contributed by atoms with Gasteiger partial charge in [-0.25, -0.2) is 0 Å². The molecule has 0 bridgehead atoms. The van der Waals surface area contributed by atoms with Crippen molar-refractivity contribution in [2.24, 2.45) is 0 Å². The Morgan fingerprint density at radius 2 is 1.74 bits per heavy atom. The smallest absolute Gasteiger partial charge is 0.318 e. The minimum Gasteiger partial charge on any atom is -0.405 e. The normalized spacial score (nSPS) is 14.9. The topological polar surface area (TPSA) is 71.3 Å². The lowest BCUT2D eigenvalue weighted by Crippen LogP contribution is -2.30. The maximum atomic E-state index is 12.9. The third-order valence-electron chi connectivity index (χ3n) is 4.85. The number of benzene rings is 2. The minimum absolute atomic E-state index is 0.164. The molecule has 1 unspecified atom stereocenters. The number of nitrogens with zero attached hydrogens (tertiary/aromatic N) is 3. The molecule has 1 amide bonds. The van der Waals surface area contributed by atoms with Crippen LogP contribution >= 0.6 is 0 Å². The zero-order valence-electron chi connectivity index (χ0n) is 15.3. The van der Waals surface area contributed by atoms with E-state index in [4.69, 9.17) is 4.42 Å². The van der Waals surface area contributed by atoms with E-state index in [2.05, 4.69) is 20.4 Å². The predicted molar refractivity (Wildman–Crippen MR) is 103 cm³/mol. The van der Waals surface area contributed by atoms with Crippen LogP contribution in [0.1, 0.15) is 46.3 Å². The minimum atomic E-state index is -0.498. The zero-order chi connectivity index (χ0) is 18.6. The Balaban J connectivity index is 1.64. The number of amides is 1. The van der Waals surface area contributed by atoms with Gasteiger partial charge in [-0.15, -0.1) is 5.10 Å². The van der Waals surface area contributed by atoms with Gasteiger partial charge in [-0.3, -0.25) is 4.79 Å². The fraction of sp³-hybridized carbons (Fsp3) is 0.286. The Morgan fingerprint density at radius 3 is 2.48 bits per heavy atom. The first-order valence-electron chi connectivity index (χ1n) is 9.22. The second-order valence-corrected chi connectivity index (χ2v) is 6.75. The number of hydrogen-bond acceptors (Lipinski definition) is 5. The van der Waals surface area contributed by atoms with E-state index in [1.807, 2.05) is 61.5 Å². The molecule has 1 aromatic heterocycles. The van der Waals surface area contributed by atoms with E-state index >= 15 is 0 Å². The van der Waals surface area contributed by atoms with Gasteiger partial charge in [0.25, 0.3) is 5.91 Å². The summed E-state index contributed by atoms with van der Waals surface area (Å²) in [7, 11) is 0. The largest absolute Gasteiger partial charge is 0.405 e. The molecule has 3 aromatic rings. The summed E-state index contributed by atoms with van der Waals surface area (Å²) >= 11 is 0. The van der Waals surface area contributed by atoms with Crippen molar-refractivity contribution in [3.05, 3.63) is 77.2 Å². The van der Waals surface area contributed by atoms with Crippen LogP contribution in [0, 0.1) is 6.92 Å². The molecule has 2 heterocycles. The van der Waals surface area contributed by atoms with Crippen LogP contribution in [0.15, 0.2) is 59.0 Å². The summed E-state index contributed by atoms with van der Waals surface area (Å²) in [5, 5.41) is 11.5. The Morgan fingerprint density at radius 1 is 1.04 bits per heavy atom. The highest BCUT2D eigenvalue weighted by Crippen LogP contribution is 2.26. The van der Waals surface area contributed by atoms with Crippen molar-refractivity contribution in [1.82, 2.24) is 15.5 Å². The molecule has 1 saturated heterocycles. The fourth-order valence-corrected chi connectivity index (χ4v) is 3.35. The molecule has 2 aromatic carbocycles. The molecular weight excluding hydrogens is 340 g/mol. The van der Waals surface area contributed by atoms with Crippen LogP contribution in [-0.4, -0.2) is 29.2 Å². The lowest BCUT2D eigenvalue weighted by Gasteiger charge is -2.17. The van der Waals surface area contributed by atoms with Crippen LogP contribution in [0.25, 0.3) is 0 Å². The highest BCUT2D eigenvalue weighted by molar-refractivity contribution is 5.96. The second kappa shape index (κ2) is 7.61. The molecule has 1 aliphatic rings. The molecular formula is C21H22N4O2. The van der Waals surface area contributed by atoms with Crippen molar-refractivity contribution in [3.63, 3.8) is 0 Å². The van der Waals surface area contributed by atoms with Gasteiger partial charge in [-0.1, -0.05) is 53.6 Å². The third kappa shape index (κ3) is 3.69. The van der Waals surface area contributed by atoms with Gasteiger partial charge in [0, 0.05) is 18.7 Å². The van der Waals surface area contributed by atoms with Crippen molar-refractivity contribution in [2.75, 3.05) is 18.0 Å². The van der Waals surface area contributed by atoms with Gasteiger partial charge in [0.05, 0.1) is 0 Å². The average Bonchev–Trinajstić information content (AvgIpc) is 3.38. The molecule has 138 valence electrons. The van der Waals surface area contributed by atoms with Crippen LogP contribution in [-0.2, 0) is 0 Å². The van der Waals surface area contributed by atoms with Gasteiger partial charge in [0.15, 0.2) is 0 Å². The molecule has 0 radical (unpaired) electrons. The summed E-state index contributed by atoms with van der Waals surface area (Å²) in [6, 6.07) is 17.2. The summed E-state index contributed by atoms with van der Waals surface area (Å²) in [5.74, 6) is 0.230. The van der Waals surface area contributed by atoms with Crippen LogP contribution < -0.4 is 10.2 Å². The molecule has 6 heteroatoms. The van der Waals surface area contributed by atoms with Gasteiger partial charge >= 0.3 is 6.01 Å². The maximum absolute atomic E-state index is 12.9. The third-order valence-corrected chi connectivity index (χ3v) is 4.85. The number of nitrogens with one attached hydrogen (secondary N) is 1. The SMILES string of the molecule is Cc1ccccc1C(=O)NC(c1ccccc1)c1nnc(N2CCCC2)o1. The first-order chi connectivity index (χ1) is 13.2. The monoisotopic (exact) mass is 362 g/mol. The highest BCUT2D eigenvalue weighted by Gasteiger charge is 2.26. The number of carbonyl (C=O) groups is 1. The van der Waals surface area contributed by atoms with Gasteiger partial charge in [-0.05, 0) is 37.0 Å². The number of aromatic nitrogens is 2. The van der Waals surface area contributed by atoms with E-state index in [1.165, 1.54) is 0 Å². The first kappa shape index (κ1) is 17.3. The number of anilines is 1. The molecule has 1 aliphatic heterocycles. The average molecular weight is 362 g/mol. The number of rotatable bonds is 5. The summed E-state index contributed by atoms with van der Waals surface area (Å²) in [6.07, 6.45) is 2.26. The van der Waals surface area contributed by atoms with E-state index < -0.39 is 6.04 Å². The number of aryl methyl sites for hydroxylation is 1. The maximum Gasteiger partial charge on any atom is 0.318 e. The van der Waals surface area contributed by atoms with Crippen molar-refractivity contribution < 1.29 is 9.21 Å². The number of hydrogen-bond donors (Lipinski definition) is 1. The molecule has 4 rings (SSSR count). The Hall–Kier alpha value is -3.15. The lowest BCUT2D eigenvalue weighted by atomic mass is 10.0. The van der Waals surface area contributed by atoms with Gasteiger partial charge in [0.2, 0.25) is 5.89 Å². The Bertz CT molecular complexity index is 917. The standard InChI is InChI=1S/C21H22N4O2/c1-15-9-5-6-12-17(15)19(26)22-18(16-10-3-2-4-11-16)20-23-24-21(27-20)25-13-7-8-14-25/h2-6,9-12,18H,7-8,13-14H2,1H3,(H,22,26). The van der Waals surface area contributed by atoms with Crippen molar-refractivity contribution in [2.45, 2.75) is 25.8 Å². The first-order valence-corrected chi connectivity index (χ1v) is 9.22. The van der Waals surface area contributed by atoms with Crippen LogP contribution in [0.4, 0.5) is 6.01 Å². The van der Waals surface area contributed by atoms with E-state index in [1.54, 1.807) is 0 Å². The van der Waals surface area contributed by atoms with E-state index in [0.717, 1.165) is 37.1 Å². The highest BCUT2D eigenvalue weighted by atomic mass is 16.4. The van der Waals surface area contributed by atoms with Crippen LogP contribution in [0.5, 0.6) is 0 Å². The lowest BCUT2D eigenvalue weighted by molar-refractivity contribution is 0.0937. The van der Waals surface area contributed by atoms with Crippen molar-refractivity contribution >= 4 is 11.9 Å².